The highest BCUT2D eigenvalue weighted by molar-refractivity contribution is 7.10. The highest BCUT2D eigenvalue weighted by Crippen LogP contribution is 2.34. The molecule has 0 aliphatic rings. The van der Waals surface area contributed by atoms with Gasteiger partial charge in [0.05, 0.1) is 18.0 Å². The van der Waals surface area contributed by atoms with E-state index in [1.165, 1.54) is 16.0 Å². The van der Waals surface area contributed by atoms with E-state index in [2.05, 4.69) is 48.8 Å². The third kappa shape index (κ3) is 3.41. The van der Waals surface area contributed by atoms with Crippen LogP contribution in [0.5, 0.6) is 5.75 Å². The Bertz CT molecular complexity index is 518. The maximum Gasteiger partial charge on any atom is 0.134 e. The Balaban J connectivity index is 2.30. The zero-order valence-corrected chi connectivity index (χ0v) is 13.3. The van der Waals surface area contributed by atoms with Crippen LogP contribution in [0.3, 0.4) is 0 Å². The van der Waals surface area contributed by atoms with Crippen molar-refractivity contribution in [2.75, 3.05) is 13.7 Å². The highest BCUT2D eigenvalue weighted by atomic mass is 32.1. The van der Waals surface area contributed by atoms with Gasteiger partial charge in [0.2, 0.25) is 0 Å². The van der Waals surface area contributed by atoms with Crippen LogP contribution in [0.2, 0.25) is 0 Å². The zero-order chi connectivity index (χ0) is 14.4. The van der Waals surface area contributed by atoms with Crippen molar-refractivity contribution < 1.29 is 4.74 Å². The number of ether oxygens (including phenoxy) is 1. The molecule has 1 unspecified atom stereocenters. The number of rotatable bonds is 7. The van der Waals surface area contributed by atoms with E-state index in [-0.39, 0.29) is 6.04 Å². The first kappa shape index (κ1) is 15.1. The molecule has 2 rings (SSSR count). The minimum atomic E-state index is 0.218. The quantitative estimate of drug-likeness (QED) is 0.815. The standard InChI is InChI=1S/C17H23NOS/c1-4-11-18-16(17-15(19-3)10-12-20-17)14-8-6-13(5-2)7-9-14/h6-10,12,16,18H,4-5,11H2,1-3H3. The molecular formula is C17H23NOS. The molecule has 0 bridgehead atoms. The molecule has 0 spiro atoms. The van der Waals surface area contributed by atoms with Crippen LogP contribution < -0.4 is 10.1 Å². The lowest BCUT2D eigenvalue weighted by Crippen LogP contribution is -2.22. The molecule has 0 aliphatic carbocycles. The van der Waals surface area contributed by atoms with E-state index in [0.29, 0.717) is 0 Å². The number of hydrogen-bond acceptors (Lipinski definition) is 3. The molecular weight excluding hydrogens is 266 g/mol. The molecule has 1 aromatic carbocycles. The lowest BCUT2D eigenvalue weighted by molar-refractivity contribution is 0.407. The second-order valence-electron chi connectivity index (χ2n) is 4.84. The molecule has 0 radical (unpaired) electrons. The maximum atomic E-state index is 5.48. The second kappa shape index (κ2) is 7.46. The number of aryl methyl sites for hydroxylation is 1. The van der Waals surface area contributed by atoms with E-state index in [4.69, 9.17) is 4.74 Å². The molecule has 3 heteroatoms. The number of methoxy groups -OCH3 is 1. The molecule has 0 aliphatic heterocycles. The summed E-state index contributed by atoms with van der Waals surface area (Å²) in [6.07, 6.45) is 2.20. The number of nitrogens with one attached hydrogen (secondary N) is 1. The smallest absolute Gasteiger partial charge is 0.134 e. The van der Waals surface area contributed by atoms with E-state index < -0.39 is 0 Å². The van der Waals surface area contributed by atoms with Gasteiger partial charge < -0.3 is 10.1 Å². The van der Waals surface area contributed by atoms with Crippen LogP contribution in [-0.4, -0.2) is 13.7 Å². The number of benzene rings is 1. The van der Waals surface area contributed by atoms with Gasteiger partial charge in [0.25, 0.3) is 0 Å². The molecule has 0 fully saturated rings. The predicted molar refractivity (Wildman–Crippen MR) is 86.8 cm³/mol. The summed E-state index contributed by atoms with van der Waals surface area (Å²) in [7, 11) is 1.74. The topological polar surface area (TPSA) is 21.3 Å². The number of hydrogen-bond donors (Lipinski definition) is 1. The first-order chi connectivity index (χ1) is 9.80. The Kier molecular flexibility index (Phi) is 5.62. The maximum absolute atomic E-state index is 5.48. The van der Waals surface area contributed by atoms with Gasteiger partial charge in [-0.25, -0.2) is 0 Å². The summed E-state index contributed by atoms with van der Waals surface area (Å²) in [5.41, 5.74) is 2.68. The van der Waals surface area contributed by atoms with Gasteiger partial charge in [-0.2, -0.15) is 0 Å². The largest absolute Gasteiger partial charge is 0.496 e. The average Bonchev–Trinajstić information content (AvgIpc) is 2.96. The van der Waals surface area contributed by atoms with E-state index in [0.717, 1.165) is 25.1 Å². The average molecular weight is 289 g/mol. The fraction of sp³-hybridized carbons (Fsp3) is 0.412. The molecule has 0 amide bonds. The van der Waals surface area contributed by atoms with Crippen molar-refractivity contribution in [3.05, 3.63) is 51.7 Å². The Hall–Kier alpha value is -1.32. The first-order valence-electron chi connectivity index (χ1n) is 7.23. The zero-order valence-electron chi connectivity index (χ0n) is 12.5. The third-order valence-electron chi connectivity index (χ3n) is 3.46. The van der Waals surface area contributed by atoms with Crippen LogP contribution in [0.1, 0.15) is 42.3 Å². The lowest BCUT2D eigenvalue weighted by Gasteiger charge is -2.19. The molecule has 20 heavy (non-hydrogen) atoms. The summed E-state index contributed by atoms with van der Waals surface area (Å²) >= 11 is 1.75. The van der Waals surface area contributed by atoms with Gasteiger partial charge in [0.15, 0.2) is 0 Å². The lowest BCUT2D eigenvalue weighted by atomic mass is 10.0. The van der Waals surface area contributed by atoms with Crippen LogP contribution in [0.4, 0.5) is 0 Å². The van der Waals surface area contributed by atoms with Crippen LogP contribution in [0.25, 0.3) is 0 Å². The molecule has 2 nitrogen and oxygen atoms in total. The molecule has 108 valence electrons. The van der Waals surface area contributed by atoms with E-state index >= 15 is 0 Å². The van der Waals surface area contributed by atoms with Crippen molar-refractivity contribution in [1.29, 1.82) is 0 Å². The SMILES string of the molecule is CCCNC(c1ccc(CC)cc1)c1sccc1OC. The Morgan fingerprint density at radius 2 is 1.90 bits per heavy atom. The van der Waals surface area contributed by atoms with Crippen LogP contribution in [-0.2, 0) is 6.42 Å². The Morgan fingerprint density at radius 1 is 1.15 bits per heavy atom. The minimum absolute atomic E-state index is 0.218. The van der Waals surface area contributed by atoms with Crippen molar-refractivity contribution in [2.24, 2.45) is 0 Å². The van der Waals surface area contributed by atoms with Crippen LogP contribution >= 0.6 is 11.3 Å². The third-order valence-corrected chi connectivity index (χ3v) is 4.42. The predicted octanol–water partition coefficient (Wildman–Crippen LogP) is 4.41. The fourth-order valence-corrected chi connectivity index (χ4v) is 3.25. The van der Waals surface area contributed by atoms with Crippen LogP contribution in [0.15, 0.2) is 35.7 Å². The minimum Gasteiger partial charge on any atom is -0.496 e. The summed E-state index contributed by atoms with van der Waals surface area (Å²) in [6, 6.07) is 11.2. The fourth-order valence-electron chi connectivity index (χ4n) is 2.28. The van der Waals surface area contributed by atoms with E-state index in [1.54, 1.807) is 18.4 Å². The van der Waals surface area contributed by atoms with Crippen molar-refractivity contribution in [3.8, 4) is 5.75 Å². The van der Waals surface area contributed by atoms with Gasteiger partial charge in [-0.15, -0.1) is 11.3 Å². The van der Waals surface area contributed by atoms with E-state index in [1.807, 2.05) is 6.07 Å². The van der Waals surface area contributed by atoms with Crippen molar-refractivity contribution >= 4 is 11.3 Å². The Labute approximate surface area is 125 Å². The summed E-state index contributed by atoms with van der Waals surface area (Å²) in [5.74, 6) is 0.975. The van der Waals surface area contributed by atoms with Gasteiger partial charge >= 0.3 is 0 Å². The Morgan fingerprint density at radius 3 is 2.50 bits per heavy atom. The van der Waals surface area contributed by atoms with Gasteiger partial charge in [-0.05, 0) is 42.0 Å². The van der Waals surface area contributed by atoms with Gasteiger partial charge in [0, 0.05) is 0 Å². The molecule has 2 aromatic rings. The van der Waals surface area contributed by atoms with Crippen molar-refractivity contribution in [3.63, 3.8) is 0 Å². The summed E-state index contributed by atoms with van der Waals surface area (Å²) in [6.45, 7) is 5.38. The van der Waals surface area contributed by atoms with Gasteiger partial charge in [0.1, 0.15) is 5.75 Å². The molecule has 1 heterocycles. The monoisotopic (exact) mass is 289 g/mol. The first-order valence-corrected chi connectivity index (χ1v) is 8.11. The van der Waals surface area contributed by atoms with Gasteiger partial charge in [-0.1, -0.05) is 38.1 Å². The van der Waals surface area contributed by atoms with Crippen molar-refractivity contribution in [1.82, 2.24) is 5.32 Å². The molecule has 0 saturated carbocycles. The van der Waals surface area contributed by atoms with E-state index in [9.17, 15) is 0 Å². The van der Waals surface area contributed by atoms with Crippen LogP contribution in [0, 0.1) is 0 Å². The molecule has 0 saturated heterocycles. The normalized spacial score (nSPS) is 12.3. The highest BCUT2D eigenvalue weighted by Gasteiger charge is 2.18. The molecule has 1 N–H and O–H groups in total. The molecule has 1 aromatic heterocycles. The second-order valence-corrected chi connectivity index (χ2v) is 5.78. The van der Waals surface area contributed by atoms with Crippen molar-refractivity contribution in [2.45, 2.75) is 32.7 Å². The summed E-state index contributed by atoms with van der Waals surface area (Å²) in [4.78, 5) is 1.25. The summed E-state index contributed by atoms with van der Waals surface area (Å²) < 4.78 is 5.48. The summed E-state index contributed by atoms with van der Waals surface area (Å²) in [5, 5.41) is 5.72. The number of thiophene rings is 1. The molecule has 1 atom stereocenters. The van der Waals surface area contributed by atoms with Gasteiger partial charge in [-0.3, -0.25) is 0 Å².